The Bertz CT molecular complexity index is 1780. The van der Waals surface area contributed by atoms with Crippen molar-refractivity contribution in [2.24, 2.45) is 0 Å². The van der Waals surface area contributed by atoms with E-state index in [0.29, 0.717) is 28.3 Å². The smallest absolute Gasteiger partial charge is 0.300 e. The van der Waals surface area contributed by atoms with Gasteiger partial charge in [-0.25, -0.2) is 0 Å². The van der Waals surface area contributed by atoms with Crippen LogP contribution in [0.3, 0.4) is 0 Å². The van der Waals surface area contributed by atoms with Gasteiger partial charge in [-0.15, -0.1) is 0 Å². The van der Waals surface area contributed by atoms with Gasteiger partial charge in [0.25, 0.3) is 11.7 Å². The van der Waals surface area contributed by atoms with Gasteiger partial charge in [0.15, 0.2) is 11.5 Å². The number of benzene rings is 4. The zero-order chi connectivity index (χ0) is 25.1. The summed E-state index contributed by atoms with van der Waals surface area (Å²) in [6.07, 6.45) is 1.79. The number of ketones is 1. The number of ether oxygens (including phenoxy) is 2. The third-order valence-electron chi connectivity index (χ3n) is 7.02. The van der Waals surface area contributed by atoms with Crippen molar-refractivity contribution in [1.29, 1.82) is 0 Å². The molecule has 5 aromatic rings. The number of Topliss-reactive ketones (excluding diaryl/α,β-unsaturated/α-hetero) is 1. The molecule has 0 bridgehead atoms. The lowest BCUT2D eigenvalue weighted by atomic mass is 9.94. The summed E-state index contributed by atoms with van der Waals surface area (Å²) in [6.45, 7) is 0.0887. The van der Waals surface area contributed by atoms with Crippen LogP contribution >= 0.6 is 0 Å². The number of hydrogen-bond donors (Lipinski definition) is 2. The van der Waals surface area contributed by atoms with E-state index in [1.165, 1.54) is 4.90 Å². The van der Waals surface area contributed by atoms with Crippen molar-refractivity contribution in [3.05, 3.63) is 108 Å². The molecule has 0 spiro atoms. The van der Waals surface area contributed by atoms with E-state index in [4.69, 9.17) is 9.47 Å². The third-order valence-corrected chi connectivity index (χ3v) is 7.02. The molecule has 1 saturated heterocycles. The van der Waals surface area contributed by atoms with E-state index in [-0.39, 0.29) is 18.1 Å². The van der Waals surface area contributed by atoms with Gasteiger partial charge in [-0.2, -0.15) is 0 Å². The molecule has 4 aromatic carbocycles. The van der Waals surface area contributed by atoms with Crippen molar-refractivity contribution in [2.45, 2.75) is 6.04 Å². The molecule has 1 unspecified atom stereocenters. The number of H-pyrrole nitrogens is 1. The zero-order valence-electron chi connectivity index (χ0n) is 19.5. The van der Waals surface area contributed by atoms with Gasteiger partial charge in [-0.3, -0.25) is 14.5 Å². The first-order chi connectivity index (χ1) is 18.1. The Morgan fingerprint density at radius 1 is 0.865 bits per heavy atom. The molecule has 7 nitrogen and oxygen atoms in total. The number of fused-ring (bicyclic) bond motifs is 3. The Kier molecular flexibility index (Phi) is 4.59. The molecule has 1 amide bonds. The average molecular weight is 488 g/mol. The fourth-order valence-corrected chi connectivity index (χ4v) is 5.24. The number of amides is 1. The topological polar surface area (TPSA) is 91.9 Å². The van der Waals surface area contributed by atoms with Crippen LogP contribution in [0, 0.1) is 0 Å². The molecule has 0 radical (unpaired) electrons. The summed E-state index contributed by atoms with van der Waals surface area (Å²) in [4.78, 5) is 31.8. The largest absolute Gasteiger partial charge is 0.507 e. The van der Waals surface area contributed by atoms with E-state index < -0.39 is 17.7 Å². The Labute approximate surface area is 211 Å². The Morgan fingerprint density at radius 3 is 2.54 bits per heavy atom. The molecule has 1 aromatic heterocycles. The number of carbonyl (C=O) groups is 2. The second kappa shape index (κ2) is 7.99. The van der Waals surface area contributed by atoms with Gasteiger partial charge in [0.05, 0.1) is 11.6 Å². The van der Waals surface area contributed by atoms with Gasteiger partial charge < -0.3 is 19.6 Å². The molecule has 7 heteroatoms. The number of aliphatic hydroxyl groups is 1. The van der Waals surface area contributed by atoms with Gasteiger partial charge in [-0.05, 0) is 35.0 Å². The summed E-state index contributed by atoms with van der Waals surface area (Å²) in [6, 6.07) is 25.2. The molecule has 0 aliphatic carbocycles. The summed E-state index contributed by atoms with van der Waals surface area (Å²) in [5, 5.41) is 14.3. The Morgan fingerprint density at radius 2 is 1.65 bits per heavy atom. The first kappa shape index (κ1) is 21.3. The summed E-state index contributed by atoms with van der Waals surface area (Å²) in [7, 11) is 0. The number of para-hydroxylation sites is 1. The standard InChI is InChI=1S/C30H20N2O5/c33-28(19-10-9-17-5-1-2-6-18(17)13-19)26-27(22-15-31-23-8-4-3-7-21(22)23)32(30(35)29(26)34)20-11-12-24-25(14-20)37-16-36-24/h1-15,27,31,33H,16H2/b28-26+. The van der Waals surface area contributed by atoms with E-state index in [2.05, 4.69) is 4.98 Å². The van der Waals surface area contributed by atoms with E-state index >= 15 is 0 Å². The molecular formula is C30H20N2O5. The minimum atomic E-state index is -0.858. The van der Waals surface area contributed by atoms with Crippen LogP contribution in [0.4, 0.5) is 5.69 Å². The van der Waals surface area contributed by atoms with E-state index in [1.807, 2.05) is 60.7 Å². The lowest BCUT2D eigenvalue weighted by Crippen LogP contribution is -2.29. The van der Waals surface area contributed by atoms with Gasteiger partial charge in [0, 0.05) is 40.0 Å². The number of aromatic nitrogens is 1. The number of rotatable bonds is 3. The van der Waals surface area contributed by atoms with Crippen LogP contribution in [0.5, 0.6) is 11.5 Å². The van der Waals surface area contributed by atoms with Crippen LogP contribution in [0.15, 0.2) is 96.7 Å². The van der Waals surface area contributed by atoms with Crippen LogP contribution in [-0.4, -0.2) is 28.6 Å². The summed E-state index contributed by atoms with van der Waals surface area (Å²) >= 11 is 0. The Balaban J connectivity index is 1.46. The number of hydrogen-bond acceptors (Lipinski definition) is 5. The molecule has 1 atom stereocenters. The summed E-state index contributed by atoms with van der Waals surface area (Å²) in [5.41, 5.74) is 2.53. The SMILES string of the molecule is O=C1C(=O)N(c2ccc3c(c2)OCO3)C(c2c[nH]c3ccccc23)/C1=C(\O)c1ccc2ccccc2c1. The van der Waals surface area contributed by atoms with E-state index in [9.17, 15) is 14.7 Å². The van der Waals surface area contributed by atoms with Crippen LogP contribution in [0.25, 0.3) is 27.4 Å². The third kappa shape index (κ3) is 3.21. The van der Waals surface area contributed by atoms with Crippen LogP contribution in [0.1, 0.15) is 17.2 Å². The van der Waals surface area contributed by atoms with Gasteiger partial charge in [0.2, 0.25) is 6.79 Å². The highest BCUT2D eigenvalue weighted by molar-refractivity contribution is 6.52. The first-order valence-electron chi connectivity index (χ1n) is 11.9. The highest BCUT2D eigenvalue weighted by Gasteiger charge is 2.48. The lowest BCUT2D eigenvalue weighted by molar-refractivity contribution is -0.132. The normalized spacial score (nSPS) is 18.3. The maximum Gasteiger partial charge on any atom is 0.300 e. The molecule has 3 heterocycles. The van der Waals surface area contributed by atoms with Gasteiger partial charge >= 0.3 is 0 Å². The van der Waals surface area contributed by atoms with Crippen molar-refractivity contribution in [3.63, 3.8) is 0 Å². The molecule has 7 rings (SSSR count). The highest BCUT2D eigenvalue weighted by Crippen LogP contribution is 2.46. The van der Waals surface area contributed by atoms with Crippen molar-refractivity contribution in [2.75, 3.05) is 11.7 Å². The molecule has 37 heavy (non-hydrogen) atoms. The molecule has 2 N–H and O–H groups in total. The Hall–Kier alpha value is -5.04. The quantitative estimate of drug-likeness (QED) is 0.194. The number of nitrogens with one attached hydrogen (secondary N) is 1. The maximum atomic E-state index is 13.6. The molecular weight excluding hydrogens is 468 g/mol. The lowest BCUT2D eigenvalue weighted by Gasteiger charge is -2.25. The minimum absolute atomic E-state index is 0.0303. The van der Waals surface area contributed by atoms with Crippen molar-refractivity contribution >= 4 is 44.8 Å². The maximum absolute atomic E-state index is 13.6. The van der Waals surface area contributed by atoms with Gasteiger partial charge in [0.1, 0.15) is 5.76 Å². The minimum Gasteiger partial charge on any atom is -0.507 e. The summed E-state index contributed by atoms with van der Waals surface area (Å²) in [5.74, 6) is -0.635. The summed E-state index contributed by atoms with van der Waals surface area (Å²) < 4.78 is 11.0. The molecule has 1 fully saturated rings. The van der Waals surface area contributed by atoms with Crippen LogP contribution in [-0.2, 0) is 9.59 Å². The molecule has 2 aliphatic rings. The first-order valence-corrected chi connectivity index (χ1v) is 11.9. The fraction of sp³-hybridized carbons (Fsp3) is 0.0667. The molecule has 0 saturated carbocycles. The number of anilines is 1. The number of aliphatic hydroxyl groups excluding tert-OH is 1. The van der Waals surface area contributed by atoms with Gasteiger partial charge in [-0.1, -0.05) is 54.6 Å². The zero-order valence-corrected chi connectivity index (χ0v) is 19.5. The van der Waals surface area contributed by atoms with E-state index in [1.54, 1.807) is 30.5 Å². The molecule has 2 aliphatic heterocycles. The number of aromatic amines is 1. The second-order valence-corrected chi connectivity index (χ2v) is 9.06. The predicted molar refractivity (Wildman–Crippen MR) is 140 cm³/mol. The highest BCUT2D eigenvalue weighted by atomic mass is 16.7. The molecule has 180 valence electrons. The number of nitrogens with zero attached hydrogens (tertiary/aromatic N) is 1. The second-order valence-electron chi connectivity index (χ2n) is 9.06. The predicted octanol–water partition coefficient (Wildman–Crippen LogP) is 5.68. The van der Waals surface area contributed by atoms with Crippen molar-refractivity contribution < 1.29 is 24.2 Å². The number of carbonyl (C=O) groups excluding carboxylic acids is 2. The average Bonchev–Trinajstić information content (AvgIpc) is 3.64. The van der Waals surface area contributed by atoms with Crippen LogP contribution in [0.2, 0.25) is 0 Å². The fourth-order valence-electron chi connectivity index (χ4n) is 5.24. The van der Waals surface area contributed by atoms with Crippen molar-refractivity contribution in [3.8, 4) is 11.5 Å². The monoisotopic (exact) mass is 488 g/mol. The van der Waals surface area contributed by atoms with E-state index in [0.717, 1.165) is 21.7 Å². The van der Waals surface area contributed by atoms with Crippen LogP contribution < -0.4 is 14.4 Å². The van der Waals surface area contributed by atoms with Crippen molar-refractivity contribution in [1.82, 2.24) is 4.98 Å².